The Balaban J connectivity index is 2.02. The minimum absolute atomic E-state index is 0.0192. The summed E-state index contributed by atoms with van der Waals surface area (Å²) >= 11 is 4.57. The van der Waals surface area contributed by atoms with Gasteiger partial charge in [0.25, 0.3) is 5.56 Å². The van der Waals surface area contributed by atoms with Crippen LogP contribution in [0.2, 0.25) is 0 Å². The molecule has 0 bridgehead atoms. The fraction of sp³-hybridized carbons (Fsp3) is 0.133. The number of pyridine rings is 1. The zero-order valence-corrected chi connectivity index (χ0v) is 14.1. The first kappa shape index (κ1) is 13.9. The van der Waals surface area contributed by atoms with E-state index in [1.807, 2.05) is 35.9 Å². The fourth-order valence-corrected chi connectivity index (χ4v) is 4.67. The van der Waals surface area contributed by atoms with Crippen LogP contribution in [0.25, 0.3) is 20.4 Å². The minimum Gasteiger partial charge on any atom is -0.281 e. The van der Waals surface area contributed by atoms with Crippen LogP contribution in [0.5, 0.6) is 0 Å². The van der Waals surface area contributed by atoms with Crippen molar-refractivity contribution in [3.63, 3.8) is 0 Å². The van der Waals surface area contributed by atoms with Crippen LogP contribution in [0.15, 0.2) is 45.8 Å². The average Bonchev–Trinajstić information content (AvgIpc) is 3.17. The van der Waals surface area contributed by atoms with Gasteiger partial charge in [-0.25, -0.2) is 9.97 Å². The molecule has 0 aliphatic rings. The third-order valence-electron chi connectivity index (χ3n) is 3.39. The van der Waals surface area contributed by atoms with Gasteiger partial charge in [0.1, 0.15) is 9.53 Å². The van der Waals surface area contributed by atoms with Crippen molar-refractivity contribution in [2.45, 2.75) is 11.7 Å². The van der Waals surface area contributed by atoms with E-state index in [9.17, 15) is 4.79 Å². The largest absolute Gasteiger partial charge is 0.281 e. The Morgan fingerprint density at radius 1 is 1.32 bits per heavy atom. The molecule has 0 N–H and O–H groups in total. The molecule has 0 atom stereocenters. The SMILES string of the molecule is CSc1nc2c(sc3ncccc32)c(=O)n1Cc1cccs1. The second-order valence-electron chi connectivity index (χ2n) is 4.71. The minimum atomic E-state index is 0.0192. The van der Waals surface area contributed by atoms with Gasteiger partial charge in [0, 0.05) is 16.5 Å². The Morgan fingerprint density at radius 3 is 3.00 bits per heavy atom. The Bertz CT molecular complexity index is 1020. The summed E-state index contributed by atoms with van der Waals surface area (Å²) in [7, 11) is 0. The lowest BCUT2D eigenvalue weighted by Crippen LogP contribution is -2.22. The molecule has 4 rings (SSSR count). The van der Waals surface area contributed by atoms with Crippen molar-refractivity contribution in [3.05, 3.63) is 51.1 Å². The number of aromatic nitrogens is 3. The second kappa shape index (κ2) is 5.49. The molecule has 0 unspecified atom stereocenters. The Kier molecular flexibility index (Phi) is 3.48. The molecule has 0 spiro atoms. The van der Waals surface area contributed by atoms with Gasteiger partial charge in [-0.05, 0) is 29.8 Å². The van der Waals surface area contributed by atoms with Gasteiger partial charge in [0.15, 0.2) is 5.16 Å². The number of fused-ring (bicyclic) bond motifs is 3. The molecular weight excluding hydrogens is 334 g/mol. The molecule has 0 aromatic carbocycles. The van der Waals surface area contributed by atoms with Crippen LogP contribution in [-0.4, -0.2) is 20.8 Å². The molecule has 0 fully saturated rings. The standard InChI is InChI=1S/C15H11N3OS3/c1-20-15-17-11-10-5-2-6-16-13(10)22-12(11)14(19)18(15)8-9-4-3-7-21-9/h2-7H,8H2,1H3. The first-order chi connectivity index (χ1) is 10.8. The van der Waals surface area contributed by atoms with E-state index in [-0.39, 0.29) is 5.56 Å². The first-order valence-corrected chi connectivity index (χ1v) is 9.54. The van der Waals surface area contributed by atoms with Gasteiger partial charge < -0.3 is 0 Å². The van der Waals surface area contributed by atoms with E-state index >= 15 is 0 Å². The van der Waals surface area contributed by atoms with Crippen LogP contribution in [0.1, 0.15) is 4.88 Å². The van der Waals surface area contributed by atoms with Gasteiger partial charge >= 0.3 is 0 Å². The number of hydrogen-bond acceptors (Lipinski definition) is 6. The van der Waals surface area contributed by atoms with Gasteiger partial charge in [-0.15, -0.1) is 22.7 Å². The number of nitrogens with zero attached hydrogens (tertiary/aromatic N) is 3. The smallest absolute Gasteiger partial charge is 0.272 e. The molecule has 4 heterocycles. The van der Waals surface area contributed by atoms with Crippen molar-refractivity contribution in [1.29, 1.82) is 0 Å². The maximum absolute atomic E-state index is 12.9. The molecule has 4 aromatic heterocycles. The highest BCUT2D eigenvalue weighted by Gasteiger charge is 2.16. The van der Waals surface area contributed by atoms with Crippen molar-refractivity contribution < 1.29 is 0 Å². The molecular formula is C15H11N3OS3. The maximum Gasteiger partial charge on any atom is 0.272 e. The van der Waals surface area contributed by atoms with E-state index < -0.39 is 0 Å². The van der Waals surface area contributed by atoms with Crippen molar-refractivity contribution in [2.75, 3.05) is 6.26 Å². The third kappa shape index (κ3) is 2.16. The maximum atomic E-state index is 12.9. The molecule has 4 aromatic rings. The molecule has 0 aliphatic heterocycles. The molecule has 0 aliphatic carbocycles. The summed E-state index contributed by atoms with van der Waals surface area (Å²) in [6, 6.07) is 7.89. The summed E-state index contributed by atoms with van der Waals surface area (Å²) in [4.78, 5) is 24.0. The first-order valence-electron chi connectivity index (χ1n) is 6.62. The summed E-state index contributed by atoms with van der Waals surface area (Å²) in [5, 5.41) is 3.72. The topological polar surface area (TPSA) is 47.8 Å². The summed E-state index contributed by atoms with van der Waals surface area (Å²) < 4.78 is 2.44. The van der Waals surface area contributed by atoms with E-state index in [1.54, 1.807) is 22.1 Å². The fourth-order valence-electron chi connectivity index (χ4n) is 2.39. The number of thioether (sulfide) groups is 1. The molecule has 0 saturated carbocycles. The van der Waals surface area contributed by atoms with Gasteiger partial charge in [-0.3, -0.25) is 9.36 Å². The van der Waals surface area contributed by atoms with Crippen molar-refractivity contribution in [3.8, 4) is 0 Å². The van der Waals surface area contributed by atoms with Gasteiger partial charge in [-0.2, -0.15) is 0 Å². The van der Waals surface area contributed by atoms with Crippen LogP contribution < -0.4 is 5.56 Å². The number of hydrogen-bond donors (Lipinski definition) is 0. The molecule has 110 valence electrons. The van der Waals surface area contributed by atoms with Crippen LogP contribution in [0.3, 0.4) is 0 Å². The van der Waals surface area contributed by atoms with Crippen LogP contribution in [-0.2, 0) is 6.54 Å². The highest BCUT2D eigenvalue weighted by atomic mass is 32.2. The van der Waals surface area contributed by atoms with Crippen molar-refractivity contribution in [2.24, 2.45) is 0 Å². The second-order valence-corrected chi connectivity index (χ2v) is 7.51. The molecule has 0 radical (unpaired) electrons. The summed E-state index contributed by atoms with van der Waals surface area (Å²) in [5.41, 5.74) is 0.788. The van der Waals surface area contributed by atoms with E-state index in [0.717, 1.165) is 25.8 Å². The summed E-state index contributed by atoms with van der Waals surface area (Å²) in [6.45, 7) is 0.567. The molecule has 7 heteroatoms. The van der Waals surface area contributed by atoms with E-state index in [2.05, 4.69) is 4.98 Å². The lowest BCUT2D eigenvalue weighted by atomic mass is 10.3. The van der Waals surface area contributed by atoms with Crippen molar-refractivity contribution in [1.82, 2.24) is 14.5 Å². The zero-order chi connectivity index (χ0) is 15.1. The molecule has 0 saturated heterocycles. The summed E-state index contributed by atoms with van der Waals surface area (Å²) in [6.07, 6.45) is 3.70. The normalized spacial score (nSPS) is 11.5. The predicted molar refractivity (Wildman–Crippen MR) is 94.4 cm³/mol. The molecule has 22 heavy (non-hydrogen) atoms. The van der Waals surface area contributed by atoms with E-state index in [0.29, 0.717) is 11.2 Å². The van der Waals surface area contributed by atoms with Gasteiger partial charge in [-0.1, -0.05) is 17.8 Å². The summed E-state index contributed by atoms with van der Waals surface area (Å²) in [5.74, 6) is 0. The lowest BCUT2D eigenvalue weighted by molar-refractivity contribution is 0.667. The molecule has 4 nitrogen and oxygen atoms in total. The Hall–Kier alpha value is -1.70. The van der Waals surface area contributed by atoms with Crippen LogP contribution in [0.4, 0.5) is 0 Å². The van der Waals surface area contributed by atoms with Gasteiger partial charge in [0.2, 0.25) is 0 Å². The van der Waals surface area contributed by atoms with Crippen LogP contribution in [0, 0.1) is 0 Å². The van der Waals surface area contributed by atoms with E-state index in [4.69, 9.17) is 4.98 Å². The Morgan fingerprint density at radius 2 is 2.23 bits per heavy atom. The quantitative estimate of drug-likeness (QED) is 0.418. The third-order valence-corrected chi connectivity index (χ3v) is 6.02. The zero-order valence-electron chi connectivity index (χ0n) is 11.6. The predicted octanol–water partition coefficient (Wildman–Crippen LogP) is 3.84. The van der Waals surface area contributed by atoms with E-state index in [1.165, 1.54) is 23.1 Å². The monoisotopic (exact) mass is 345 g/mol. The number of rotatable bonds is 3. The van der Waals surface area contributed by atoms with Crippen molar-refractivity contribution >= 4 is 54.9 Å². The highest BCUT2D eigenvalue weighted by Crippen LogP contribution is 2.30. The van der Waals surface area contributed by atoms with Crippen LogP contribution >= 0.6 is 34.4 Å². The number of thiophene rings is 2. The molecule has 0 amide bonds. The highest BCUT2D eigenvalue weighted by molar-refractivity contribution is 7.98. The Labute approximate surface area is 138 Å². The van der Waals surface area contributed by atoms with Gasteiger partial charge in [0.05, 0.1) is 12.1 Å². The average molecular weight is 345 g/mol. The lowest BCUT2D eigenvalue weighted by Gasteiger charge is -2.09.